The van der Waals surface area contributed by atoms with Crippen LogP contribution < -0.4 is 0 Å². The summed E-state index contributed by atoms with van der Waals surface area (Å²) in [5, 5.41) is 0. The normalized spacial score (nSPS) is 13.3. The summed E-state index contributed by atoms with van der Waals surface area (Å²) in [5.74, 6) is 0.925. The number of imidazole rings is 1. The Morgan fingerprint density at radius 1 is 1.04 bits per heavy atom. The molecule has 5 rings (SSSR count). The number of nitrogens with zero attached hydrogens (tertiary/aromatic N) is 4. The summed E-state index contributed by atoms with van der Waals surface area (Å²) < 4.78 is 0. The van der Waals surface area contributed by atoms with Crippen molar-refractivity contribution in [2.45, 2.75) is 13.0 Å². The first-order valence-electron chi connectivity index (χ1n) is 8.91. The lowest BCUT2D eigenvalue weighted by molar-refractivity contribution is 0.0780. The van der Waals surface area contributed by atoms with E-state index in [1.54, 1.807) is 18.6 Å². The number of aromatic amines is 1. The van der Waals surface area contributed by atoms with Crippen LogP contribution in [0.3, 0.4) is 0 Å². The van der Waals surface area contributed by atoms with Crippen molar-refractivity contribution < 1.29 is 4.79 Å². The van der Waals surface area contributed by atoms with Gasteiger partial charge >= 0.3 is 0 Å². The molecule has 0 spiro atoms. The predicted octanol–water partition coefficient (Wildman–Crippen LogP) is 3.22. The number of aromatic nitrogens is 4. The lowest BCUT2D eigenvalue weighted by Crippen LogP contribution is -2.26. The quantitative estimate of drug-likeness (QED) is 0.610. The molecule has 6 nitrogen and oxygen atoms in total. The molecule has 0 fully saturated rings. The molecule has 0 aliphatic carbocycles. The average Bonchev–Trinajstić information content (AvgIpc) is 3.27. The lowest BCUT2D eigenvalue weighted by atomic mass is 9.97. The van der Waals surface area contributed by atoms with Gasteiger partial charge in [0.05, 0.1) is 11.1 Å². The van der Waals surface area contributed by atoms with Crippen molar-refractivity contribution in [3.63, 3.8) is 0 Å². The zero-order chi connectivity index (χ0) is 18.2. The van der Waals surface area contributed by atoms with Gasteiger partial charge in [0.25, 0.3) is 5.91 Å². The molecule has 4 heterocycles. The van der Waals surface area contributed by atoms with Crippen LogP contribution in [-0.4, -0.2) is 37.3 Å². The number of benzene rings is 1. The molecule has 1 aliphatic rings. The summed E-state index contributed by atoms with van der Waals surface area (Å²) in [6.45, 7) is 1.24. The van der Waals surface area contributed by atoms with E-state index in [4.69, 9.17) is 0 Å². The molecule has 1 aromatic carbocycles. The second-order valence-corrected chi connectivity index (χ2v) is 6.61. The number of carbonyl (C=O) groups excluding carboxylic acids is 1. The Morgan fingerprint density at radius 2 is 1.93 bits per heavy atom. The predicted molar refractivity (Wildman–Crippen MR) is 102 cm³/mol. The molecule has 4 aromatic rings. The van der Waals surface area contributed by atoms with Gasteiger partial charge in [0.15, 0.2) is 5.65 Å². The first-order valence-corrected chi connectivity index (χ1v) is 8.91. The van der Waals surface area contributed by atoms with Gasteiger partial charge < -0.3 is 9.88 Å². The van der Waals surface area contributed by atoms with Crippen molar-refractivity contribution in [1.82, 2.24) is 24.8 Å². The highest BCUT2D eigenvalue weighted by Crippen LogP contribution is 2.32. The molecule has 1 amide bonds. The molecule has 0 saturated carbocycles. The monoisotopic (exact) mass is 355 g/mol. The van der Waals surface area contributed by atoms with Crippen LogP contribution >= 0.6 is 0 Å². The van der Waals surface area contributed by atoms with Crippen LogP contribution in [-0.2, 0) is 13.0 Å². The Bertz CT molecular complexity index is 1100. The zero-order valence-electron chi connectivity index (χ0n) is 14.6. The van der Waals surface area contributed by atoms with E-state index in [0.717, 1.165) is 33.6 Å². The van der Waals surface area contributed by atoms with Crippen molar-refractivity contribution in [2.24, 2.45) is 0 Å². The Morgan fingerprint density at radius 3 is 2.78 bits per heavy atom. The second-order valence-electron chi connectivity index (χ2n) is 6.61. The van der Waals surface area contributed by atoms with Crippen molar-refractivity contribution in [1.29, 1.82) is 0 Å². The van der Waals surface area contributed by atoms with E-state index in [1.165, 1.54) is 0 Å². The van der Waals surface area contributed by atoms with Crippen molar-refractivity contribution in [2.75, 3.05) is 6.54 Å². The largest absolute Gasteiger partial charge is 0.341 e. The molecule has 27 heavy (non-hydrogen) atoms. The number of amides is 1. The van der Waals surface area contributed by atoms with Gasteiger partial charge in [0.2, 0.25) is 0 Å². The molecule has 6 heteroatoms. The summed E-state index contributed by atoms with van der Waals surface area (Å²) >= 11 is 0. The van der Waals surface area contributed by atoms with Gasteiger partial charge in [-0.15, -0.1) is 0 Å². The number of carbonyl (C=O) groups is 1. The van der Waals surface area contributed by atoms with Crippen LogP contribution in [0.2, 0.25) is 0 Å². The number of rotatable bonds is 4. The summed E-state index contributed by atoms with van der Waals surface area (Å²) in [6, 6.07) is 13.8. The maximum absolute atomic E-state index is 13.1. The van der Waals surface area contributed by atoms with Crippen LogP contribution in [0.1, 0.15) is 21.7 Å². The number of hydrogen-bond acceptors (Lipinski definition) is 4. The van der Waals surface area contributed by atoms with Gasteiger partial charge in [0.1, 0.15) is 5.82 Å². The first-order chi connectivity index (χ1) is 13.3. The second kappa shape index (κ2) is 6.32. The number of nitrogens with one attached hydrogen (secondary N) is 1. The highest BCUT2D eigenvalue weighted by atomic mass is 16.2. The number of pyridine rings is 2. The molecule has 0 radical (unpaired) electrons. The Balaban J connectivity index is 1.39. The highest BCUT2D eigenvalue weighted by Gasteiger charge is 2.29. The topological polar surface area (TPSA) is 74.8 Å². The summed E-state index contributed by atoms with van der Waals surface area (Å²) in [6.07, 6.45) is 5.90. The Hall–Kier alpha value is -3.54. The van der Waals surface area contributed by atoms with Gasteiger partial charge in [-0.2, -0.15) is 0 Å². The summed E-state index contributed by atoms with van der Waals surface area (Å²) in [5.41, 5.74) is 5.48. The molecule has 0 saturated heterocycles. The van der Waals surface area contributed by atoms with E-state index in [1.807, 2.05) is 47.4 Å². The third kappa shape index (κ3) is 2.75. The molecule has 132 valence electrons. The highest BCUT2D eigenvalue weighted by molar-refractivity contribution is 6.04. The minimum atomic E-state index is 0.0756. The maximum atomic E-state index is 13.1. The van der Waals surface area contributed by atoms with Crippen LogP contribution in [0, 0.1) is 0 Å². The van der Waals surface area contributed by atoms with Gasteiger partial charge in [-0.25, -0.2) is 9.97 Å². The maximum Gasteiger partial charge on any atom is 0.255 e. The SMILES string of the molecule is O=C1c2c(cccc2-c2ccncc2)CN1CCc1nc2ncccc2[nH]1. The van der Waals surface area contributed by atoms with Gasteiger partial charge in [-0.1, -0.05) is 18.2 Å². The van der Waals surface area contributed by atoms with Crippen LogP contribution in [0.25, 0.3) is 22.3 Å². The molecule has 0 atom stereocenters. The minimum Gasteiger partial charge on any atom is -0.341 e. The zero-order valence-corrected chi connectivity index (χ0v) is 14.6. The third-order valence-electron chi connectivity index (χ3n) is 4.93. The van der Waals surface area contributed by atoms with Crippen molar-refractivity contribution >= 4 is 17.1 Å². The van der Waals surface area contributed by atoms with Crippen molar-refractivity contribution in [3.05, 3.63) is 78.0 Å². The smallest absolute Gasteiger partial charge is 0.255 e. The molecule has 0 bridgehead atoms. The van der Waals surface area contributed by atoms with E-state index in [0.29, 0.717) is 25.2 Å². The molecular weight excluding hydrogens is 338 g/mol. The standard InChI is InChI=1S/C21H17N5O/c27-21-19-15(3-1-4-16(19)14-6-10-22-11-7-14)13-26(21)12-8-18-24-17-5-2-9-23-20(17)25-18/h1-7,9-11H,8,12-13H2,(H,23,24,25). The van der Waals surface area contributed by atoms with Crippen LogP contribution in [0.4, 0.5) is 0 Å². The van der Waals surface area contributed by atoms with E-state index >= 15 is 0 Å². The first kappa shape index (κ1) is 15.7. The fourth-order valence-corrected chi connectivity index (χ4v) is 3.63. The minimum absolute atomic E-state index is 0.0756. The number of H-pyrrole nitrogens is 1. The number of fused-ring (bicyclic) bond motifs is 2. The van der Waals surface area contributed by atoms with Gasteiger partial charge in [-0.3, -0.25) is 9.78 Å². The molecule has 3 aromatic heterocycles. The van der Waals surface area contributed by atoms with Crippen molar-refractivity contribution in [3.8, 4) is 11.1 Å². The summed E-state index contributed by atoms with van der Waals surface area (Å²) in [7, 11) is 0. The van der Waals surface area contributed by atoms with E-state index in [-0.39, 0.29) is 5.91 Å². The molecule has 1 N–H and O–H groups in total. The van der Waals surface area contributed by atoms with E-state index < -0.39 is 0 Å². The molecular formula is C21H17N5O. The Kier molecular flexibility index (Phi) is 3.67. The van der Waals surface area contributed by atoms with Gasteiger partial charge in [-0.05, 0) is 41.0 Å². The summed E-state index contributed by atoms with van der Waals surface area (Å²) in [4.78, 5) is 31.0. The molecule has 1 aliphatic heterocycles. The van der Waals surface area contributed by atoms with Gasteiger partial charge in [0, 0.05) is 38.1 Å². The van der Waals surface area contributed by atoms with E-state index in [9.17, 15) is 4.79 Å². The van der Waals surface area contributed by atoms with Crippen LogP contribution in [0.5, 0.6) is 0 Å². The number of hydrogen-bond donors (Lipinski definition) is 1. The Labute approximate surface area is 155 Å². The fourth-order valence-electron chi connectivity index (χ4n) is 3.63. The van der Waals surface area contributed by atoms with E-state index in [2.05, 4.69) is 19.9 Å². The average molecular weight is 355 g/mol. The molecule has 0 unspecified atom stereocenters. The van der Waals surface area contributed by atoms with Crippen LogP contribution in [0.15, 0.2) is 61.1 Å². The lowest BCUT2D eigenvalue weighted by Gasteiger charge is -2.14. The third-order valence-corrected chi connectivity index (χ3v) is 4.93. The fraction of sp³-hybridized carbons (Fsp3) is 0.143.